The van der Waals surface area contributed by atoms with E-state index in [4.69, 9.17) is 4.98 Å². The summed E-state index contributed by atoms with van der Waals surface area (Å²) >= 11 is 0. The minimum atomic E-state index is -0.259. The third kappa shape index (κ3) is 3.42. The topological polar surface area (TPSA) is 83.9 Å². The molecule has 29 heavy (non-hydrogen) atoms. The molecule has 0 aliphatic heterocycles. The Labute approximate surface area is 167 Å². The Kier molecular flexibility index (Phi) is 4.72. The second-order valence-electron chi connectivity index (χ2n) is 7.09. The molecule has 0 spiro atoms. The Morgan fingerprint density at radius 3 is 2.59 bits per heavy atom. The van der Waals surface area contributed by atoms with Crippen LogP contribution in [0.5, 0.6) is 0 Å². The Bertz CT molecular complexity index is 1240. The second-order valence-corrected chi connectivity index (χ2v) is 7.09. The molecule has 2 heterocycles. The van der Waals surface area contributed by atoms with E-state index in [0.29, 0.717) is 22.6 Å². The summed E-state index contributed by atoms with van der Waals surface area (Å²) in [7, 11) is 3.43. The first kappa shape index (κ1) is 18.6. The summed E-state index contributed by atoms with van der Waals surface area (Å²) in [4.78, 5) is 38.3. The molecule has 2 aromatic heterocycles. The number of hydrogen-bond donors (Lipinski definition) is 1. The van der Waals surface area contributed by atoms with Gasteiger partial charge in [-0.15, -0.1) is 0 Å². The molecule has 0 radical (unpaired) electrons. The second kappa shape index (κ2) is 7.35. The standard InChI is InChI=1S/C22H21N5O2/c1-14(15-8-5-4-6-9-15)27-20-19(25-22(27)29)23-13-18(24-20)16-10-7-11-17(12-16)21(28)26(2)3/h4-14H,1-3H3,(H,23,25,29)/t14-/m1/s1. The zero-order valence-electron chi connectivity index (χ0n) is 16.5. The summed E-state index contributed by atoms with van der Waals surface area (Å²) in [5.41, 5.74) is 3.58. The van der Waals surface area contributed by atoms with E-state index < -0.39 is 0 Å². The Hall–Kier alpha value is -3.74. The van der Waals surface area contributed by atoms with Crippen molar-refractivity contribution < 1.29 is 4.79 Å². The van der Waals surface area contributed by atoms with Crippen molar-refractivity contribution in [1.29, 1.82) is 0 Å². The lowest BCUT2D eigenvalue weighted by Gasteiger charge is -2.14. The molecule has 4 aromatic rings. The fourth-order valence-corrected chi connectivity index (χ4v) is 3.34. The number of aromatic nitrogens is 4. The highest BCUT2D eigenvalue weighted by Crippen LogP contribution is 2.23. The van der Waals surface area contributed by atoms with E-state index in [1.54, 1.807) is 37.0 Å². The molecule has 0 aliphatic carbocycles. The predicted molar refractivity (Wildman–Crippen MR) is 112 cm³/mol. The molecule has 0 aliphatic rings. The van der Waals surface area contributed by atoms with Crippen molar-refractivity contribution in [2.75, 3.05) is 14.1 Å². The Balaban J connectivity index is 1.82. The SMILES string of the molecule is C[C@H](c1ccccc1)n1c(=O)[nH]c2ncc(-c3cccc(C(=O)N(C)C)c3)nc21. The van der Waals surface area contributed by atoms with Crippen molar-refractivity contribution in [2.24, 2.45) is 0 Å². The van der Waals surface area contributed by atoms with Gasteiger partial charge in [-0.1, -0.05) is 42.5 Å². The molecule has 2 aromatic carbocycles. The third-order valence-corrected chi connectivity index (χ3v) is 4.91. The van der Waals surface area contributed by atoms with Crippen LogP contribution in [0.15, 0.2) is 65.6 Å². The minimum absolute atomic E-state index is 0.0860. The number of benzene rings is 2. The summed E-state index contributed by atoms with van der Waals surface area (Å²) in [6.45, 7) is 1.95. The van der Waals surface area contributed by atoms with Crippen molar-refractivity contribution >= 4 is 17.2 Å². The molecule has 4 rings (SSSR count). The average molecular weight is 387 g/mol. The molecular weight excluding hydrogens is 366 g/mol. The molecule has 146 valence electrons. The quantitative estimate of drug-likeness (QED) is 0.583. The molecule has 0 saturated carbocycles. The molecule has 0 fully saturated rings. The first-order valence-corrected chi connectivity index (χ1v) is 9.30. The third-order valence-electron chi connectivity index (χ3n) is 4.91. The van der Waals surface area contributed by atoms with E-state index in [-0.39, 0.29) is 17.6 Å². The summed E-state index contributed by atoms with van der Waals surface area (Å²) in [6, 6.07) is 16.8. The van der Waals surface area contributed by atoms with Crippen LogP contribution in [-0.2, 0) is 0 Å². The van der Waals surface area contributed by atoms with Crippen LogP contribution in [0, 0.1) is 0 Å². The number of fused-ring (bicyclic) bond motifs is 1. The fourth-order valence-electron chi connectivity index (χ4n) is 3.34. The lowest BCUT2D eigenvalue weighted by Crippen LogP contribution is -2.21. The van der Waals surface area contributed by atoms with Gasteiger partial charge in [0.1, 0.15) is 0 Å². The number of imidazole rings is 1. The van der Waals surface area contributed by atoms with Crippen molar-refractivity contribution in [3.8, 4) is 11.3 Å². The van der Waals surface area contributed by atoms with Crippen molar-refractivity contribution in [3.63, 3.8) is 0 Å². The number of nitrogens with one attached hydrogen (secondary N) is 1. The normalized spacial score (nSPS) is 12.1. The maximum atomic E-state index is 12.6. The molecule has 1 amide bonds. The van der Waals surface area contributed by atoms with Crippen LogP contribution in [-0.4, -0.2) is 44.4 Å². The molecule has 1 atom stereocenters. The summed E-state index contributed by atoms with van der Waals surface area (Å²) in [5.74, 6) is -0.0860. The maximum Gasteiger partial charge on any atom is 0.329 e. The molecule has 7 nitrogen and oxygen atoms in total. The summed E-state index contributed by atoms with van der Waals surface area (Å²) in [6.07, 6.45) is 1.61. The Morgan fingerprint density at radius 2 is 1.86 bits per heavy atom. The van der Waals surface area contributed by atoms with Gasteiger partial charge < -0.3 is 4.90 Å². The molecule has 0 bridgehead atoms. The van der Waals surface area contributed by atoms with Gasteiger partial charge in [0.05, 0.1) is 17.9 Å². The van der Waals surface area contributed by atoms with Gasteiger partial charge in [-0.25, -0.2) is 14.8 Å². The average Bonchev–Trinajstić information content (AvgIpc) is 3.08. The summed E-state index contributed by atoms with van der Waals surface area (Å²) < 4.78 is 1.61. The van der Waals surface area contributed by atoms with Gasteiger partial charge in [-0.05, 0) is 24.6 Å². The summed E-state index contributed by atoms with van der Waals surface area (Å²) in [5, 5.41) is 0. The molecule has 1 N–H and O–H groups in total. The predicted octanol–water partition coefficient (Wildman–Crippen LogP) is 3.10. The van der Waals surface area contributed by atoms with Crippen molar-refractivity contribution in [2.45, 2.75) is 13.0 Å². The Morgan fingerprint density at radius 1 is 1.10 bits per heavy atom. The van der Waals surface area contributed by atoms with E-state index >= 15 is 0 Å². The van der Waals surface area contributed by atoms with Crippen LogP contribution in [0.25, 0.3) is 22.6 Å². The molecule has 7 heteroatoms. The van der Waals surface area contributed by atoms with Crippen molar-refractivity contribution in [3.05, 3.63) is 82.4 Å². The van der Waals surface area contributed by atoms with E-state index in [0.717, 1.165) is 11.1 Å². The van der Waals surface area contributed by atoms with Crippen LogP contribution in [0.1, 0.15) is 28.9 Å². The number of carbonyl (C=O) groups is 1. The number of hydrogen-bond acceptors (Lipinski definition) is 4. The molecule has 0 saturated heterocycles. The van der Waals surface area contributed by atoms with E-state index in [9.17, 15) is 9.59 Å². The zero-order valence-corrected chi connectivity index (χ0v) is 16.5. The lowest BCUT2D eigenvalue weighted by atomic mass is 10.1. The number of aromatic amines is 1. The van der Waals surface area contributed by atoms with Gasteiger partial charge in [-0.2, -0.15) is 0 Å². The van der Waals surface area contributed by atoms with Crippen LogP contribution in [0.3, 0.4) is 0 Å². The highest BCUT2D eigenvalue weighted by molar-refractivity contribution is 5.95. The van der Waals surface area contributed by atoms with Gasteiger partial charge in [0.15, 0.2) is 11.3 Å². The van der Waals surface area contributed by atoms with Gasteiger partial charge >= 0.3 is 5.69 Å². The van der Waals surface area contributed by atoms with Crippen LogP contribution in [0.2, 0.25) is 0 Å². The van der Waals surface area contributed by atoms with E-state index in [1.165, 1.54) is 4.90 Å². The van der Waals surface area contributed by atoms with Gasteiger partial charge in [0.2, 0.25) is 0 Å². The first-order chi connectivity index (χ1) is 14.0. The fraction of sp³-hybridized carbons (Fsp3) is 0.182. The smallest absolute Gasteiger partial charge is 0.329 e. The monoisotopic (exact) mass is 387 g/mol. The van der Waals surface area contributed by atoms with Crippen LogP contribution in [0.4, 0.5) is 0 Å². The van der Waals surface area contributed by atoms with Crippen LogP contribution >= 0.6 is 0 Å². The van der Waals surface area contributed by atoms with Gasteiger partial charge in [0.25, 0.3) is 5.91 Å². The van der Waals surface area contributed by atoms with Crippen molar-refractivity contribution in [1.82, 2.24) is 24.4 Å². The van der Waals surface area contributed by atoms with Crippen LogP contribution < -0.4 is 5.69 Å². The number of rotatable bonds is 4. The molecular formula is C22H21N5O2. The largest absolute Gasteiger partial charge is 0.345 e. The van der Waals surface area contributed by atoms with E-state index in [2.05, 4.69) is 9.97 Å². The van der Waals surface area contributed by atoms with Gasteiger partial charge in [-0.3, -0.25) is 14.3 Å². The zero-order chi connectivity index (χ0) is 20.5. The number of amides is 1. The van der Waals surface area contributed by atoms with Gasteiger partial charge in [0, 0.05) is 25.2 Å². The molecule has 0 unspecified atom stereocenters. The first-order valence-electron chi connectivity index (χ1n) is 9.30. The highest BCUT2D eigenvalue weighted by atomic mass is 16.2. The number of nitrogens with zero attached hydrogens (tertiary/aromatic N) is 4. The maximum absolute atomic E-state index is 12.6. The highest BCUT2D eigenvalue weighted by Gasteiger charge is 2.18. The number of carbonyl (C=O) groups excluding carboxylic acids is 1. The number of H-pyrrole nitrogens is 1. The van der Waals surface area contributed by atoms with E-state index in [1.807, 2.05) is 49.4 Å². The minimum Gasteiger partial charge on any atom is -0.345 e. The lowest BCUT2D eigenvalue weighted by molar-refractivity contribution is 0.0827.